The number of hydrogen-bond acceptors (Lipinski definition) is 3. The fourth-order valence-corrected chi connectivity index (χ4v) is 2.73. The van der Waals surface area contributed by atoms with Gasteiger partial charge in [0.15, 0.2) is 0 Å². The molecule has 0 aliphatic carbocycles. The average molecular weight is 249 g/mol. The largest absolute Gasteiger partial charge is 0.497 e. The van der Waals surface area contributed by atoms with Crippen molar-refractivity contribution in [1.82, 2.24) is 4.90 Å². The van der Waals surface area contributed by atoms with Crippen molar-refractivity contribution in [2.75, 3.05) is 26.8 Å². The minimum absolute atomic E-state index is 0.282. The molecule has 3 heteroatoms. The van der Waals surface area contributed by atoms with Crippen LogP contribution in [-0.4, -0.2) is 42.9 Å². The standard InChI is InChI=1S/C15H23NO2/c1-12-7-9-16(15(12)11-17)10-8-13-3-5-14(18-2)6-4-13/h3-6,12,15,17H,7-11H2,1-2H3. The molecule has 1 fully saturated rings. The second-order valence-corrected chi connectivity index (χ2v) is 5.15. The molecule has 1 saturated heterocycles. The highest BCUT2D eigenvalue weighted by atomic mass is 16.5. The minimum atomic E-state index is 0.282. The second-order valence-electron chi connectivity index (χ2n) is 5.15. The van der Waals surface area contributed by atoms with Crippen molar-refractivity contribution in [3.63, 3.8) is 0 Å². The summed E-state index contributed by atoms with van der Waals surface area (Å²) in [6.07, 6.45) is 2.24. The van der Waals surface area contributed by atoms with E-state index < -0.39 is 0 Å². The van der Waals surface area contributed by atoms with Crippen LogP contribution in [0.15, 0.2) is 24.3 Å². The first kappa shape index (κ1) is 13.4. The van der Waals surface area contributed by atoms with E-state index in [1.807, 2.05) is 12.1 Å². The van der Waals surface area contributed by atoms with Crippen LogP contribution < -0.4 is 4.74 Å². The van der Waals surface area contributed by atoms with Crippen LogP contribution in [0.3, 0.4) is 0 Å². The van der Waals surface area contributed by atoms with E-state index in [9.17, 15) is 5.11 Å². The number of rotatable bonds is 5. The third-order valence-corrected chi connectivity index (χ3v) is 4.03. The van der Waals surface area contributed by atoms with Gasteiger partial charge in [0.2, 0.25) is 0 Å². The highest BCUT2D eigenvalue weighted by Gasteiger charge is 2.29. The Bertz CT molecular complexity index is 363. The number of nitrogens with zero attached hydrogens (tertiary/aromatic N) is 1. The lowest BCUT2D eigenvalue weighted by Gasteiger charge is -2.24. The number of aliphatic hydroxyl groups excluding tert-OH is 1. The number of aliphatic hydroxyl groups is 1. The summed E-state index contributed by atoms with van der Waals surface area (Å²) >= 11 is 0. The van der Waals surface area contributed by atoms with Crippen LogP contribution in [0.1, 0.15) is 18.9 Å². The van der Waals surface area contributed by atoms with E-state index in [2.05, 4.69) is 24.0 Å². The Balaban J connectivity index is 1.87. The summed E-state index contributed by atoms with van der Waals surface area (Å²) in [5.41, 5.74) is 1.33. The number of hydrogen-bond donors (Lipinski definition) is 1. The second kappa shape index (κ2) is 6.21. The Morgan fingerprint density at radius 3 is 2.67 bits per heavy atom. The molecule has 0 radical (unpaired) electrons. The van der Waals surface area contributed by atoms with Gasteiger partial charge in [-0.1, -0.05) is 19.1 Å². The molecule has 2 rings (SSSR count). The zero-order chi connectivity index (χ0) is 13.0. The van der Waals surface area contributed by atoms with Crippen molar-refractivity contribution in [2.24, 2.45) is 5.92 Å². The van der Waals surface area contributed by atoms with Gasteiger partial charge in [-0.15, -0.1) is 0 Å². The van der Waals surface area contributed by atoms with Crippen molar-refractivity contribution < 1.29 is 9.84 Å². The van der Waals surface area contributed by atoms with Gasteiger partial charge in [0, 0.05) is 12.6 Å². The van der Waals surface area contributed by atoms with E-state index in [1.54, 1.807) is 7.11 Å². The van der Waals surface area contributed by atoms with Crippen LogP contribution in [0, 0.1) is 5.92 Å². The Hall–Kier alpha value is -1.06. The van der Waals surface area contributed by atoms with Gasteiger partial charge in [-0.05, 0) is 43.0 Å². The Labute approximate surface area is 109 Å². The maximum atomic E-state index is 9.41. The summed E-state index contributed by atoms with van der Waals surface area (Å²) in [6.45, 7) is 4.66. The van der Waals surface area contributed by atoms with Crippen molar-refractivity contribution in [1.29, 1.82) is 0 Å². The molecule has 100 valence electrons. The molecule has 0 aromatic heterocycles. The van der Waals surface area contributed by atoms with E-state index in [0.717, 1.165) is 25.3 Å². The fourth-order valence-electron chi connectivity index (χ4n) is 2.73. The first-order valence-corrected chi connectivity index (χ1v) is 6.72. The van der Waals surface area contributed by atoms with E-state index in [4.69, 9.17) is 4.74 Å². The van der Waals surface area contributed by atoms with Crippen LogP contribution in [-0.2, 0) is 6.42 Å². The summed E-state index contributed by atoms with van der Waals surface area (Å²) in [4.78, 5) is 2.41. The Morgan fingerprint density at radius 1 is 1.33 bits per heavy atom. The average Bonchev–Trinajstić information content (AvgIpc) is 2.77. The summed E-state index contributed by atoms with van der Waals surface area (Å²) in [5, 5.41) is 9.41. The molecule has 0 bridgehead atoms. The van der Waals surface area contributed by atoms with Crippen LogP contribution in [0.2, 0.25) is 0 Å². The van der Waals surface area contributed by atoms with Crippen LogP contribution in [0.4, 0.5) is 0 Å². The maximum Gasteiger partial charge on any atom is 0.118 e. The van der Waals surface area contributed by atoms with Gasteiger partial charge in [0.1, 0.15) is 5.75 Å². The van der Waals surface area contributed by atoms with Crippen LogP contribution in [0.5, 0.6) is 5.75 Å². The molecule has 1 heterocycles. The number of likely N-dealkylation sites (tertiary alicyclic amines) is 1. The highest BCUT2D eigenvalue weighted by Crippen LogP contribution is 2.23. The number of methoxy groups -OCH3 is 1. The SMILES string of the molecule is COc1ccc(CCN2CCC(C)C2CO)cc1. The topological polar surface area (TPSA) is 32.7 Å². The predicted octanol–water partition coefficient (Wildman–Crippen LogP) is 1.94. The monoisotopic (exact) mass is 249 g/mol. The molecule has 2 atom stereocenters. The molecule has 0 spiro atoms. The molecule has 1 N–H and O–H groups in total. The first-order valence-electron chi connectivity index (χ1n) is 6.72. The molecular weight excluding hydrogens is 226 g/mol. The lowest BCUT2D eigenvalue weighted by Crippen LogP contribution is -2.36. The fraction of sp³-hybridized carbons (Fsp3) is 0.600. The summed E-state index contributed by atoms with van der Waals surface area (Å²) in [5.74, 6) is 1.52. The smallest absolute Gasteiger partial charge is 0.118 e. The molecule has 18 heavy (non-hydrogen) atoms. The molecule has 0 saturated carbocycles. The summed E-state index contributed by atoms with van der Waals surface area (Å²) in [7, 11) is 1.69. The Morgan fingerprint density at radius 2 is 2.06 bits per heavy atom. The third-order valence-electron chi connectivity index (χ3n) is 4.03. The normalized spacial score (nSPS) is 24.4. The number of benzene rings is 1. The summed E-state index contributed by atoms with van der Waals surface area (Å²) in [6, 6.07) is 8.60. The molecule has 2 unspecified atom stereocenters. The minimum Gasteiger partial charge on any atom is -0.497 e. The van der Waals surface area contributed by atoms with Crippen LogP contribution in [0.25, 0.3) is 0 Å². The highest BCUT2D eigenvalue weighted by molar-refractivity contribution is 5.27. The van der Waals surface area contributed by atoms with E-state index in [-0.39, 0.29) is 6.61 Å². The van der Waals surface area contributed by atoms with Gasteiger partial charge in [-0.25, -0.2) is 0 Å². The van der Waals surface area contributed by atoms with Gasteiger partial charge in [0.25, 0.3) is 0 Å². The van der Waals surface area contributed by atoms with Crippen molar-refractivity contribution >= 4 is 0 Å². The molecule has 3 nitrogen and oxygen atoms in total. The predicted molar refractivity (Wildman–Crippen MR) is 72.9 cm³/mol. The molecular formula is C15H23NO2. The lowest BCUT2D eigenvalue weighted by atomic mass is 10.0. The Kier molecular flexibility index (Phi) is 4.61. The van der Waals surface area contributed by atoms with Crippen LogP contribution >= 0.6 is 0 Å². The van der Waals surface area contributed by atoms with Gasteiger partial charge >= 0.3 is 0 Å². The van der Waals surface area contributed by atoms with Gasteiger partial charge in [-0.2, -0.15) is 0 Å². The molecule has 1 aromatic carbocycles. The summed E-state index contributed by atoms with van der Waals surface area (Å²) < 4.78 is 5.15. The van der Waals surface area contributed by atoms with E-state index in [1.165, 1.54) is 12.0 Å². The zero-order valence-corrected chi connectivity index (χ0v) is 11.3. The van der Waals surface area contributed by atoms with Crippen molar-refractivity contribution in [3.8, 4) is 5.75 Å². The molecule has 0 amide bonds. The number of ether oxygens (including phenoxy) is 1. The van der Waals surface area contributed by atoms with Gasteiger partial charge in [-0.3, -0.25) is 4.90 Å². The van der Waals surface area contributed by atoms with Gasteiger partial charge in [0.05, 0.1) is 13.7 Å². The van der Waals surface area contributed by atoms with E-state index in [0.29, 0.717) is 12.0 Å². The first-order chi connectivity index (χ1) is 8.74. The molecule has 1 aliphatic rings. The van der Waals surface area contributed by atoms with Crippen molar-refractivity contribution in [3.05, 3.63) is 29.8 Å². The molecule has 1 aliphatic heterocycles. The van der Waals surface area contributed by atoms with Crippen molar-refractivity contribution in [2.45, 2.75) is 25.8 Å². The third kappa shape index (κ3) is 3.03. The van der Waals surface area contributed by atoms with Gasteiger partial charge < -0.3 is 9.84 Å². The lowest BCUT2D eigenvalue weighted by molar-refractivity contribution is 0.140. The maximum absolute atomic E-state index is 9.41. The van der Waals surface area contributed by atoms with E-state index >= 15 is 0 Å². The zero-order valence-electron chi connectivity index (χ0n) is 11.3. The molecule has 1 aromatic rings. The quantitative estimate of drug-likeness (QED) is 0.865.